The third-order valence-electron chi connectivity index (χ3n) is 2.40. The van der Waals surface area contributed by atoms with Gasteiger partial charge in [-0.05, 0) is 24.1 Å². The van der Waals surface area contributed by atoms with Crippen LogP contribution in [0.2, 0.25) is 0 Å². The van der Waals surface area contributed by atoms with Crippen molar-refractivity contribution in [3.05, 3.63) is 29.8 Å². The van der Waals surface area contributed by atoms with E-state index in [4.69, 9.17) is 5.14 Å². The smallest absolute Gasteiger partial charge is 0.253 e. The summed E-state index contributed by atoms with van der Waals surface area (Å²) in [6.07, 6.45) is 0. The molecule has 1 aromatic rings. The van der Waals surface area contributed by atoms with Gasteiger partial charge < -0.3 is 4.90 Å². The van der Waals surface area contributed by atoms with Crippen molar-refractivity contribution in [3.63, 3.8) is 0 Å². The average molecular weight is 270 g/mol. The molecule has 0 saturated heterocycles. The fourth-order valence-electron chi connectivity index (χ4n) is 1.66. The lowest BCUT2D eigenvalue weighted by Crippen LogP contribution is -2.30. The zero-order chi connectivity index (χ0) is 13.9. The molecule has 100 valence electrons. The molecule has 1 amide bonds. The van der Waals surface area contributed by atoms with Gasteiger partial charge in [0.05, 0.1) is 4.90 Å². The molecular formula is C12H18N2O3S. The van der Waals surface area contributed by atoms with E-state index in [1.165, 1.54) is 18.2 Å². The summed E-state index contributed by atoms with van der Waals surface area (Å²) in [7, 11) is -2.09. The first kappa shape index (κ1) is 14.7. The van der Waals surface area contributed by atoms with Gasteiger partial charge in [0.15, 0.2) is 0 Å². The minimum atomic E-state index is -3.78. The molecule has 0 spiro atoms. The van der Waals surface area contributed by atoms with Crippen molar-refractivity contribution >= 4 is 15.9 Å². The van der Waals surface area contributed by atoms with Gasteiger partial charge in [0.25, 0.3) is 5.91 Å². The number of hydrogen-bond acceptors (Lipinski definition) is 3. The Hall–Kier alpha value is -1.40. The molecule has 0 aliphatic carbocycles. The van der Waals surface area contributed by atoms with Gasteiger partial charge in [-0.3, -0.25) is 4.79 Å². The van der Waals surface area contributed by atoms with E-state index in [0.717, 1.165) is 0 Å². The quantitative estimate of drug-likeness (QED) is 0.888. The van der Waals surface area contributed by atoms with Crippen LogP contribution in [-0.4, -0.2) is 32.8 Å². The molecular weight excluding hydrogens is 252 g/mol. The van der Waals surface area contributed by atoms with Crippen molar-refractivity contribution in [2.75, 3.05) is 13.6 Å². The first-order chi connectivity index (χ1) is 8.21. The van der Waals surface area contributed by atoms with E-state index in [-0.39, 0.29) is 10.8 Å². The maximum absolute atomic E-state index is 12.0. The Bertz CT molecular complexity index is 538. The minimum absolute atomic E-state index is 0.0497. The molecule has 18 heavy (non-hydrogen) atoms. The zero-order valence-electron chi connectivity index (χ0n) is 10.8. The first-order valence-corrected chi connectivity index (χ1v) is 7.14. The second kappa shape index (κ2) is 5.49. The van der Waals surface area contributed by atoms with Crippen LogP contribution in [0.25, 0.3) is 0 Å². The van der Waals surface area contributed by atoms with Crippen LogP contribution in [0.15, 0.2) is 29.2 Å². The van der Waals surface area contributed by atoms with Crippen LogP contribution in [0.3, 0.4) is 0 Å². The fourth-order valence-corrected chi connectivity index (χ4v) is 2.22. The second-order valence-electron chi connectivity index (χ2n) is 4.65. The van der Waals surface area contributed by atoms with Crippen LogP contribution in [0.1, 0.15) is 24.2 Å². The first-order valence-electron chi connectivity index (χ1n) is 5.60. The summed E-state index contributed by atoms with van der Waals surface area (Å²) in [5.74, 6) is 0.134. The number of amides is 1. The summed E-state index contributed by atoms with van der Waals surface area (Å²) in [5.41, 5.74) is 0.324. The molecule has 2 N–H and O–H groups in total. The largest absolute Gasteiger partial charge is 0.341 e. The monoisotopic (exact) mass is 270 g/mol. The number of hydrogen-bond donors (Lipinski definition) is 1. The van der Waals surface area contributed by atoms with E-state index < -0.39 is 10.0 Å². The molecule has 6 heteroatoms. The SMILES string of the molecule is CC(C)CN(C)C(=O)c1cccc(S(N)(=O)=O)c1. The van der Waals surface area contributed by atoms with Gasteiger partial charge in [0.2, 0.25) is 10.0 Å². The lowest BCUT2D eigenvalue weighted by Gasteiger charge is -2.19. The molecule has 0 heterocycles. The minimum Gasteiger partial charge on any atom is -0.341 e. The molecule has 0 atom stereocenters. The standard InChI is InChI=1S/C12H18N2O3S/c1-9(2)8-14(3)12(15)10-5-4-6-11(7-10)18(13,16)17/h4-7,9H,8H2,1-3H3,(H2,13,16,17). The molecule has 5 nitrogen and oxygen atoms in total. The third kappa shape index (κ3) is 3.82. The predicted octanol–water partition coefficient (Wildman–Crippen LogP) is 1.06. The lowest BCUT2D eigenvalue weighted by molar-refractivity contribution is 0.0779. The molecule has 0 aromatic heterocycles. The summed E-state index contributed by atoms with van der Waals surface area (Å²) in [6.45, 7) is 4.62. The van der Waals surface area contributed by atoms with Gasteiger partial charge in [-0.1, -0.05) is 19.9 Å². The maximum Gasteiger partial charge on any atom is 0.253 e. The summed E-state index contributed by atoms with van der Waals surface area (Å²) < 4.78 is 22.4. The Morgan fingerprint density at radius 1 is 1.39 bits per heavy atom. The van der Waals surface area contributed by atoms with E-state index >= 15 is 0 Å². The van der Waals surface area contributed by atoms with Crippen LogP contribution in [-0.2, 0) is 10.0 Å². The molecule has 0 aliphatic heterocycles. The summed E-state index contributed by atoms with van der Waals surface area (Å²) in [6, 6.07) is 5.76. The summed E-state index contributed by atoms with van der Waals surface area (Å²) in [5, 5.41) is 5.03. The third-order valence-corrected chi connectivity index (χ3v) is 3.31. The number of carbonyl (C=O) groups is 1. The van der Waals surface area contributed by atoms with Gasteiger partial charge in [-0.25, -0.2) is 13.6 Å². The number of nitrogens with zero attached hydrogens (tertiary/aromatic N) is 1. The second-order valence-corrected chi connectivity index (χ2v) is 6.21. The highest BCUT2D eigenvalue weighted by Gasteiger charge is 2.15. The zero-order valence-corrected chi connectivity index (χ0v) is 11.6. The van der Waals surface area contributed by atoms with Crippen LogP contribution in [0, 0.1) is 5.92 Å². The number of rotatable bonds is 4. The van der Waals surface area contributed by atoms with Gasteiger partial charge in [-0.2, -0.15) is 0 Å². The fraction of sp³-hybridized carbons (Fsp3) is 0.417. The van der Waals surface area contributed by atoms with Crippen molar-refractivity contribution < 1.29 is 13.2 Å². The number of benzene rings is 1. The highest BCUT2D eigenvalue weighted by Crippen LogP contribution is 2.12. The Balaban J connectivity index is 3.01. The van der Waals surface area contributed by atoms with Crippen LogP contribution >= 0.6 is 0 Å². The van der Waals surface area contributed by atoms with Gasteiger partial charge in [0.1, 0.15) is 0 Å². The molecule has 1 aromatic carbocycles. The number of nitrogens with two attached hydrogens (primary N) is 1. The highest BCUT2D eigenvalue weighted by atomic mass is 32.2. The van der Waals surface area contributed by atoms with Crippen molar-refractivity contribution in [2.45, 2.75) is 18.7 Å². The summed E-state index contributed by atoms with van der Waals surface area (Å²) in [4.78, 5) is 13.6. The molecule has 0 aliphatic rings. The summed E-state index contributed by atoms with van der Waals surface area (Å²) >= 11 is 0. The van der Waals surface area contributed by atoms with Crippen molar-refractivity contribution in [1.82, 2.24) is 4.90 Å². The normalized spacial score (nSPS) is 11.6. The average Bonchev–Trinajstić information content (AvgIpc) is 2.26. The van der Waals surface area contributed by atoms with Crippen molar-refractivity contribution in [1.29, 1.82) is 0 Å². The van der Waals surface area contributed by atoms with E-state index in [0.29, 0.717) is 18.0 Å². The predicted molar refractivity (Wildman–Crippen MR) is 69.6 cm³/mol. The Morgan fingerprint density at radius 3 is 2.50 bits per heavy atom. The van der Waals surface area contributed by atoms with Crippen LogP contribution < -0.4 is 5.14 Å². The van der Waals surface area contributed by atoms with E-state index in [9.17, 15) is 13.2 Å². The lowest BCUT2D eigenvalue weighted by atomic mass is 10.1. The molecule has 0 unspecified atom stereocenters. The molecule has 1 rings (SSSR count). The van der Waals surface area contributed by atoms with Gasteiger partial charge in [-0.15, -0.1) is 0 Å². The van der Waals surface area contributed by atoms with Gasteiger partial charge >= 0.3 is 0 Å². The Labute approximate surface area is 108 Å². The van der Waals surface area contributed by atoms with Crippen molar-refractivity contribution in [2.24, 2.45) is 11.1 Å². The van der Waals surface area contributed by atoms with Crippen LogP contribution in [0.4, 0.5) is 0 Å². The number of sulfonamides is 1. The van der Waals surface area contributed by atoms with E-state index in [1.807, 2.05) is 13.8 Å². The topological polar surface area (TPSA) is 80.5 Å². The highest BCUT2D eigenvalue weighted by molar-refractivity contribution is 7.89. The number of carbonyl (C=O) groups excluding carboxylic acids is 1. The maximum atomic E-state index is 12.0. The number of primary sulfonamides is 1. The molecule has 0 bridgehead atoms. The molecule has 0 radical (unpaired) electrons. The Morgan fingerprint density at radius 2 is 2.00 bits per heavy atom. The molecule has 0 fully saturated rings. The van der Waals surface area contributed by atoms with E-state index in [1.54, 1.807) is 18.0 Å². The van der Waals surface area contributed by atoms with Gasteiger partial charge in [0, 0.05) is 19.2 Å². The van der Waals surface area contributed by atoms with Crippen LogP contribution in [0.5, 0.6) is 0 Å². The Kier molecular flexibility index (Phi) is 4.48. The van der Waals surface area contributed by atoms with Crippen molar-refractivity contribution in [3.8, 4) is 0 Å². The molecule has 0 saturated carbocycles. The van der Waals surface area contributed by atoms with E-state index in [2.05, 4.69) is 0 Å².